The number of ether oxygens (including phenoxy) is 4. The van der Waals surface area contributed by atoms with Crippen molar-refractivity contribution in [2.75, 3.05) is 72.5 Å². The van der Waals surface area contributed by atoms with Crippen LogP contribution < -0.4 is 10.1 Å². The van der Waals surface area contributed by atoms with Crippen LogP contribution in [0.2, 0.25) is 0 Å². The van der Waals surface area contributed by atoms with Gasteiger partial charge in [-0.15, -0.1) is 0 Å². The maximum atomic E-state index is 14.0. The maximum Gasteiger partial charge on any atom is 0.210 e. The highest BCUT2D eigenvalue weighted by Crippen LogP contribution is 2.39. The Bertz CT molecular complexity index is 910. The summed E-state index contributed by atoms with van der Waals surface area (Å²) in [6.07, 6.45) is 0.784. The van der Waals surface area contributed by atoms with Crippen LogP contribution in [-0.4, -0.2) is 93.5 Å². The number of aliphatic hydroxyl groups is 1. The molecular weight excluding hydrogens is 440 g/mol. The lowest BCUT2D eigenvalue weighted by Crippen LogP contribution is -2.45. The molecule has 1 aliphatic rings. The number of carbonyl (C=O) groups is 1. The molecule has 184 valence electrons. The zero-order chi connectivity index (χ0) is 23.6. The molecule has 1 atom stereocenters. The molecule has 1 saturated heterocycles. The van der Waals surface area contributed by atoms with Crippen molar-refractivity contribution in [3.63, 3.8) is 0 Å². The van der Waals surface area contributed by atoms with Crippen LogP contribution >= 0.6 is 0 Å². The predicted molar refractivity (Wildman–Crippen MR) is 116 cm³/mol. The van der Waals surface area contributed by atoms with E-state index in [4.69, 9.17) is 24.1 Å². The third kappa shape index (κ3) is 6.39. The molecule has 2 aromatic rings. The first-order chi connectivity index (χ1) is 16.1. The van der Waals surface area contributed by atoms with Gasteiger partial charge in [-0.2, -0.15) is 0 Å². The number of benzene rings is 1. The van der Waals surface area contributed by atoms with Crippen LogP contribution in [0.1, 0.15) is 11.7 Å². The first kappa shape index (κ1) is 25.3. The van der Waals surface area contributed by atoms with Gasteiger partial charge in [0, 0.05) is 38.1 Å². The number of hydrogen-bond donors (Lipinski definition) is 2. The summed E-state index contributed by atoms with van der Waals surface area (Å²) in [5.41, 5.74) is 1.15. The fourth-order valence-corrected chi connectivity index (χ4v) is 3.85. The van der Waals surface area contributed by atoms with Crippen molar-refractivity contribution in [1.82, 2.24) is 14.8 Å². The molecule has 33 heavy (non-hydrogen) atoms. The molecule has 9 nitrogen and oxygen atoms in total. The quantitative estimate of drug-likeness (QED) is 0.313. The van der Waals surface area contributed by atoms with E-state index in [1.54, 1.807) is 16.5 Å². The smallest absolute Gasteiger partial charge is 0.210 e. The minimum atomic E-state index is -0.963. The lowest BCUT2D eigenvalue weighted by Gasteiger charge is -2.34. The lowest BCUT2D eigenvalue weighted by atomic mass is 10.1. The second-order valence-corrected chi connectivity index (χ2v) is 7.53. The van der Waals surface area contributed by atoms with Crippen LogP contribution in [-0.2, 0) is 26.1 Å². The topological polar surface area (TPSA) is 94.4 Å². The van der Waals surface area contributed by atoms with Crippen LogP contribution in [0.4, 0.5) is 8.78 Å². The second kappa shape index (κ2) is 12.8. The molecule has 1 unspecified atom stereocenters. The minimum absolute atomic E-state index is 0.0203. The van der Waals surface area contributed by atoms with Crippen molar-refractivity contribution in [1.29, 1.82) is 0 Å². The van der Waals surface area contributed by atoms with Gasteiger partial charge >= 0.3 is 0 Å². The van der Waals surface area contributed by atoms with E-state index >= 15 is 0 Å². The summed E-state index contributed by atoms with van der Waals surface area (Å²) >= 11 is 0. The summed E-state index contributed by atoms with van der Waals surface area (Å²) < 4.78 is 51.7. The summed E-state index contributed by atoms with van der Waals surface area (Å²) in [7, 11) is 1.75. The van der Waals surface area contributed by atoms with E-state index in [2.05, 4.69) is 5.32 Å². The fraction of sp³-hybridized carbons (Fsp3) is 0.591. The lowest BCUT2D eigenvalue weighted by molar-refractivity contribution is -0.121. The van der Waals surface area contributed by atoms with E-state index in [9.17, 15) is 13.6 Å². The highest BCUT2D eigenvalue weighted by atomic mass is 19.2. The number of aliphatic hydroxyl groups excluding tert-OH is 1. The Labute approximate surface area is 191 Å². The monoisotopic (exact) mass is 471 g/mol. The highest BCUT2D eigenvalue weighted by molar-refractivity contribution is 5.89. The molecule has 0 bridgehead atoms. The molecule has 1 amide bonds. The van der Waals surface area contributed by atoms with Gasteiger partial charge in [0.25, 0.3) is 0 Å². The number of rotatable bonds is 14. The molecule has 2 heterocycles. The molecule has 1 aromatic heterocycles. The standard InChI is InChI=1S/C22H31F2N3O6/c1-26-19-13-18(24)17(23)12-16(19)22(21(26)20-14-25-2-3-27(20)15-29)33-11-10-32-9-8-31-7-6-30-5-4-28/h12-13,15,20,25,28H,2-11,14H2,1H3. The maximum absolute atomic E-state index is 14.0. The van der Waals surface area contributed by atoms with Gasteiger partial charge in [-0.25, -0.2) is 8.78 Å². The van der Waals surface area contributed by atoms with E-state index in [-0.39, 0.29) is 32.5 Å². The summed E-state index contributed by atoms with van der Waals surface area (Å²) in [5.74, 6) is -1.50. The molecule has 1 aliphatic heterocycles. The molecule has 3 rings (SSSR count). The Balaban J connectivity index is 1.63. The second-order valence-electron chi connectivity index (χ2n) is 7.53. The van der Waals surface area contributed by atoms with E-state index in [0.29, 0.717) is 68.4 Å². The summed E-state index contributed by atoms with van der Waals surface area (Å²) in [4.78, 5) is 13.3. The number of aryl methyl sites for hydroxylation is 1. The fourth-order valence-electron chi connectivity index (χ4n) is 3.85. The van der Waals surface area contributed by atoms with Gasteiger partial charge in [0.05, 0.1) is 63.5 Å². The number of fused-ring (bicyclic) bond motifs is 1. The van der Waals surface area contributed by atoms with Crippen LogP contribution in [0.25, 0.3) is 10.9 Å². The van der Waals surface area contributed by atoms with Crippen molar-refractivity contribution in [3.05, 3.63) is 29.5 Å². The molecule has 0 saturated carbocycles. The van der Waals surface area contributed by atoms with Crippen molar-refractivity contribution in [3.8, 4) is 5.75 Å². The number of hydrogen-bond acceptors (Lipinski definition) is 7. The van der Waals surface area contributed by atoms with Crippen molar-refractivity contribution < 1.29 is 37.6 Å². The first-order valence-corrected chi connectivity index (χ1v) is 10.9. The summed E-state index contributed by atoms with van der Waals surface area (Å²) in [5, 5.41) is 12.3. The molecule has 0 radical (unpaired) electrons. The van der Waals surface area contributed by atoms with Crippen molar-refractivity contribution >= 4 is 17.3 Å². The van der Waals surface area contributed by atoms with Crippen molar-refractivity contribution in [2.24, 2.45) is 7.05 Å². The Morgan fingerprint density at radius 2 is 1.70 bits per heavy atom. The number of piperazine rings is 1. The van der Waals surface area contributed by atoms with E-state index in [0.717, 1.165) is 18.5 Å². The number of nitrogens with one attached hydrogen (secondary N) is 1. The van der Waals surface area contributed by atoms with Gasteiger partial charge in [-0.3, -0.25) is 4.79 Å². The van der Waals surface area contributed by atoms with Crippen molar-refractivity contribution in [2.45, 2.75) is 6.04 Å². The number of carbonyl (C=O) groups excluding carboxylic acids is 1. The van der Waals surface area contributed by atoms with E-state index < -0.39 is 11.6 Å². The van der Waals surface area contributed by atoms with Gasteiger partial charge in [0.15, 0.2) is 11.6 Å². The van der Waals surface area contributed by atoms with Crippen LogP contribution in [0.15, 0.2) is 12.1 Å². The molecule has 1 fully saturated rings. The highest BCUT2D eigenvalue weighted by Gasteiger charge is 2.31. The van der Waals surface area contributed by atoms with Gasteiger partial charge in [0.1, 0.15) is 12.4 Å². The number of aromatic nitrogens is 1. The molecule has 2 N–H and O–H groups in total. The molecule has 11 heteroatoms. The molecule has 1 aromatic carbocycles. The largest absolute Gasteiger partial charge is 0.489 e. The SMILES string of the molecule is Cn1c(C2CNCCN2C=O)c(OCCOCCOCCOCCO)c2cc(F)c(F)cc21. The number of amides is 1. The first-order valence-electron chi connectivity index (χ1n) is 10.9. The Morgan fingerprint density at radius 3 is 2.36 bits per heavy atom. The third-order valence-electron chi connectivity index (χ3n) is 5.43. The van der Waals surface area contributed by atoms with Gasteiger partial charge in [-0.05, 0) is 6.07 Å². The molecular formula is C22H31F2N3O6. The van der Waals surface area contributed by atoms with Crippen LogP contribution in [0.3, 0.4) is 0 Å². The van der Waals surface area contributed by atoms with Gasteiger partial charge in [0.2, 0.25) is 6.41 Å². The zero-order valence-electron chi connectivity index (χ0n) is 18.7. The summed E-state index contributed by atoms with van der Waals surface area (Å²) in [6, 6.07) is 1.93. The Kier molecular flexibility index (Phi) is 9.82. The van der Waals surface area contributed by atoms with Gasteiger partial charge in [-0.1, -0.05) is 0 Å². The molecule has 0 spiro atoms. The average molecular weight is 472 g/mol. The normalized spacial score (nSPS) is 16.5. The molecule has 0 aliphatic carbocycles. The van der Waals surface area contributed by atoms with Crippen LogP contribution in [0, 0.1) is 11.6 Å². The third-order valence-corrected chi connectivity index (χ3v) is 5.43. The van der Waals surface area contributed by atoms with E-state index in [1.807, 2.05) is 0 Å². The number of halogens is 2. The zero-order valence-corrected chi connectivity index (χ0v) is 18.7. The van der Waals surface area contributed by atoms with E-state index in [1.165, 1.54) is 0 Å². The minimum Gasteiger partial charge on any atom is -0.489 e. The predicted octanol–water partition coefficient (Wildman–Crippen LogP) is 0.980. The Hall–Kier alpha value is -2.31. The average Bonchev–Trinajstić information content (AvgIpc) is 3.08. The number of nitrogens with zero attached hydrogens (tertiary/aromatic N) is 2. The Morgan fingerprint density at radius 1 is 1.06 bits per heavy atom. The summed E-state index contributed by atoms with van der Waals surface area (Å²) in [6.45, 7) is 3.96. The van der Waals surface area contributed by atoms with Crippen LogP contribution in [0.5, 0.6) is 5.75 Å². The van der Waals surface area contributed by atoms with Gasteiger partial charge < -0.3 is 38.8 Å².